The summed E-state index contributed by atoms with van der Waals surface area (Å²) < 4.78 is 33.3. The van der Waals surface area contributed by atoms with Crippen molar-refractivity contribution in [3.63, 3.8) is 0 Å². The van der Waals surface area contributed by atoms with Crippen molar-refractivity contribution in [3.05, 3.63) is 53.1 Å². The van der Waals surface area contributed by atoms with Gasteiger partial charge in [-0.2, -0.15) is 0 Å². The second kappa shape index (κ2) is 8.84. The van der Waals surface area contributed by atoms with Gasteiger partial charge in [0.25, 0.3) is 15.9 Å². The summed E-state index contributed by atoms with van der Waals surface area (Å²) in [5, 5.41) is 3.15. The summed E-state index contributed by atoms with van der Waals surface area (Å²) in [6, 6.07) is 10.8. The normalized spacial score (nSPS) is 14.6. The number of carbonyl (C=O) groups is 1. The Bertz CT molecular complexity index is 939. The lowest BCUT2D eigenvalue weighted by Gasteiger charge is -2.14. The quantitative estimate of drug-likeness (QED) is 0.699. The lowest BCUT2D eigenvalue weighted by atomic mass is 10.2. The fraction of sp³-hybridized carbons (Fsp3) is 0.350. The van der Waals surface area contributed by atoms with Crippen LogP contribution in [-0.2, 0) is 10.0 Å². The molecule has 0 atom stereocenters. The molecule has 28 heavy (non-hydrogen) atoms. The van der Waals surface area contributed by atoms with Crippen LogP contribution in [0.2, 0.25) is 5.02 Å². The van der Waals surface area contributed by atoms with Gasteiger partial charge in [-0.05, 0) is 62.2 Å². The summed E-state index contributed by atoms with van der Waals surface area (Å²) in [5.41, 5.74) is 0.554. The molecule has 3 rings (SSSR count). The van der Waals surface area contributed by atoms with Crippen LogP contribution in [-0.4, -0.2) is 27.0 Å². The minimum Gasteiger partial charge on any atom is -0.494 e. The Balaban J connectivity index is 1.78. The first-order chi connectivity index (χ1) is 13.4. The minimum atomic E-state index is -3.87. The average Bonchev–Trinajstić information content (AvgIpc) is 3.16. The highest BCUT2D eigenvalue weighted by atomic mass is 35.5. The smallest absolute Gasteiger partial charge is 0.261 e. The second-order valence-corrected chi connectivity index (χ2v) is 8.75. The number of amides is 1. The monoisotopic (exact) mass is 422 g/mol. The number of halogens is 1. The van der Waals surface area contributed by atoms with E-state index in [0.717, 1.165) is 25.7 Å². The molecule has 1 aliphatic carbocycles. The van der Waals surface area contributed by atoms with Gasteiger partial charge in [0.1, 0.15) is 5.75 Å². The van der Waals surface area contributed by atoms with Gasteiger partial charge in [0.2, 0.25) is 0 Å². The van der Waals surface area contributed by atoms with Crippen LogP contribution in [0.15, 0.2) is 47.4 Å². The Morgan fingerprint density at radius 2 is 1.82 bits per heavy atom. The molecule has 0 aliphatic heterocycles. The van der Waals surface area contributed by atoms with Crippen LogP contribution in [0.25, 0.3) is 0 Å². The van der Waals surface area contributed by atoms with E-state index < -0.39 is 10.0 Å². The molecule has 2 aromatic carbocycles. The Labute approximate surface area is 170 Å². The Morgan fingerprint density at radius 1 is 1.14 bits per heavy atom. The fourth-order valence-corrected chi connectivity index (χ4v) is 4.47. The number of rotatable bonds is 7. The van der Waals surface area contributed by atoms with E-state index in [1.807, 2.05) is 6.92 Å². The molecule has 1 saturated carbocycles. The third-order valence-corrected chi connectivity index (χ3v) is 6.31. The molecule has 0 spiro atoms. The van der Waals surface area contributed by atoms with Crippen molar-refractivity contribution < 1.29 is 17.9 Å². The zero-order chi connectivity index (χ0) is 20.1. The van der Waals surface area contributed by atoms with Crippen LogP contribution in [0.4, 0.5) is 5.69 Å². The van der Waals surface area contributed by atoms with Gasteiger partial charge in [0.05, 0.1) is 22.1 Å². The molecule has 0 radical (unpaired) electrons. The maximum atomic E-state index is 12.7. The first-order valence-corrected chi connectivity index (χ1v) is 11.1. The van der Waals surface area contributed by atoms with Crippen LogP contribution in [0.3, 0.4) is 0 Å². The number of benzene rings is 2. The number of hydrogen-bond acceptors (Lipinski definition) is 4. The third kappa shape index (κ3) is 4.97. The molecule has 6 nitrogen and oxygen atoms in total. The van der Waals surface area contributed by atoms with E-state index in [0.29, 0.717) is 18.0 Å². The molecule has 0 saturated heterocycles. The van der Waals surface area contributed by atoms with E-state index in [2.05, 4.69) is 10.0 Å². The Kier molecular flexibility index (Phi) is 6.46. The van der Waals surface area contributed by atoms with Crippen molar-refractivity contribution in [2.45, 2.75) is 43.5 Å². The van der Waals surface area contributed by atoms with E-state index in [9.17, 15) is 13.2 Å². The van der Waals surface area contributed by atoms with Crippen LogP contribution >= 0.6 is 11.6 Å². The highest BCUT2D eigenvalue weighted by molar-refractivity contribution is 7.92. The highest BCUT2D eigenvalue weighted by Gasteiger charge is 2.22. The van der Waals surface area contributed by atoms with Crippen molar-refractivity contribution in [2.75, 3.05) is 11.3 Å². The molecule has 0 heterocycles. The number of ether oxygens (including phenoxy) is 1. The number of sulfonamides is 1. The molecule has 150 valence electrons. The first kappa shape index (κ1) is 20.5. The van der Waals surface area contributed by atoms with Crippen molar-refractivity contribution in [1.82, 2.24) is 5.32 Å². The van der Waals surface area contributed by atoms with Gasteiger partial charge in [-0.15, -0.1) is 0 Å². The number of anilines is 1. The summed E-state index contributed by atoms with van der Waals surface area (Å²) in [5.74, 6) is 0.304. The van der Waals surface area contributed by atoms with E-state index >= 15 is 0 Å². The Morgan fingerprint density at radius 3 is 2.46 bits per heavy atom. The Hall–Kier alpha value is -2.25. The number of carbonyl (C=O) groups excluding carboxylic acids is 1. The summed E-state index contributed by atoms with van der Waals surface area (Å²) >= 11 is 6.14. The van der Waals surface area contributed by atoms with Gasteiger partial charge in [-0.1, -0.05) is 24.4 Å². The molecule has 1 amide bonds. The average molecular weight is 423 g/mol. The maximum absolute atomic E-state index is 12.7. The molecule has 2 aromatic rings. The molecule has 1 aliphatic rings. The lowest BCUT2D eigenvalue weighted by Crippen LogP contribution is -2.32. The highest BCUT2D eigenvalue weighted by Crippen LogP contribution is 2.25. The second-order valence-electron chi connectivity index (χ2n) is 6.66. The topological polar surface area (TPSA) is 84.5 Å². The minimum absolute atomic E-state index is 0.0256. The summed E-state index contributed by atoms with van der Waals surface area (Å²) in [4.78, 5) is 12.5. The summed E-state index contributed by atoms with van der Waals surface area (Å²) in [6.45, 7) is 2.40. The predicted molar refractivity (Wildman–Crippen MR) is 110 cm³/mol. The molecule has 0 aromatic heterocycles. The van der Waals surface area contributed by atoms with Crippen LogP contribution in [0, 0.1) is 0 Å². The van der Waals surface area contributed by atoms with E-state index in [-0.39, 0.29) is 27.4 Å². The zero-order valence-corrected chi connectivity index (χ0v) is 17.1. The zero-order valence-electron chi connectivity index (χ0n) is 15.6. The van der Waals surface area contributed by atoms with Crippen LogP contribution in [0.1, 0.15) is 43.0 Å². The van der Waals surface area contributed by atoms with Crippen molar-refractivity contribution in [1.29, 1.82) is 0 Å². The van der Waals surface area contributed by atoms with Crippen molar-refractivity contribution in [2.24, 2.45) is 0 Å². The van der Waals surface area contributed by atoms with Gasteiger partial charge in [0.15, 0.2) is 0 Å². The fourth-order valence-electron chi connectivity index (χ4n) is 3.18. The van der Waals surface area contributed by atoms with Gasteiger partial charge in [-0.25, -0.2) is 8.42 Å². The first-order valence-electron chi connectivity index (χ1n) is 9.25. The van der Waals surface area contributed by atoms with Crippen molar-refractivity contribution in [3.8, 4) is 5.75 Å². The number of hydrogen-bond donors (Lipinski definition) is 2. The molecular formula is C20H23ClN2O4S. The van der Waals surface area contributed by atoms with Gasteiger partial charge < -0.3 is 10.1 Å². The SMILES string of the molecule is CCOc1ccc(NS(=O)(=O)c2ccc(Cl)c(C(=O)NC3CCCC3)c2)cc1. The number of nitrogens with one attached hydrogen (secondary N) is 2. The van der Waals surface area contributed by atoms with E-state index in [1.165, 1.54) is 18.2 Å². The van der Waals surface area contributed by atoms with Gasteiger partial charge >= 0.3 is 0 Å². The van der Waals surface area contributed by atoms with Gasteiger partial charge in [-0.3, -0.25) is 9.52 Å². The lowest BCUT2D eigenvalue weighted by molar-refractivity contribution is 0.0938. The molecule has 1 fully saturated rings. The standard InChI is InChI=1S/C20H23ClN2O4S/c1-2-27-16-9-7-15(8-10-16)23-28(25,26)17-11-12-19(21)18(13-17)20(24)22-14-5-3-4-6-14/h7-14,23H,2-6H2,1H3,(H,22,24). The predicted octanol–water partition coefficient (Wildman–Crippen LogP) is 4.21. The van der Waals surface area contributed by atoms with Crippen LogP contribution < -0.4 is 14.8 Å². The summed E-state index contributed by atoms with van der Waals surface area (Å²) in [7, 11) is -3.87. The largest absolute Gasteiger partial charge is 0.494 e. The summed E-state index contributed by atoms with van der Waals surface area (Å²) in [6.07, 6.45) is 4.03. The molecule has 0 bridgehead atoms. The van der Waals surface area contributed by atoms with Crippen molar-refractivity contribution >= 4 is 33.2 Å². The molecule has 8 heteroatoms. The van der Waals surface area contributed by atoms with E-state index in [4.69, 9.17) is 16.3 Å². The van der Waals surface area contributed by atoms with Crippen LogP contribution in [0.5, 0.6) is 5.75 Å². The van der Waals surface area contributed by atoms with Gasteiger partial charge in [0, 0.05) is 11.7 Å². The maximum Gasteiger partial charge on any atom is 0.261 e. The molecular weight excluding hydrogens is 400 g/mol. The molecule has 2 N–H and O–H groups in total. The molecule has 0 unspecified atom stereocenters. The third-order valence-electron chi connectivity index (χ3n) is 4.60. The van der Waals surface area contributed by atoms with E-state index in [1.54, 1.807) is 24.3 Å².